The second-order valence-corrected chi connectivity index (χ2v) is 7.51. The van der Waals surface area contributed by atoms with Crippen LogP contribution in [-0.4, -0.2) is 19.2 Å². The van der Waals surface area contributed by atoms with Crippen molar-refractivity contribution in [3.8, 4) is 0 Å². The third-order valence-electron chi connectivity index (χ3n) is 4.06. The van der Waals surface area contributed by atoms with Crippen LogP contribution in [-0.2, 0) is 10.0 Å². The van der Waals surface area contributed by atoms with Crippen LogP contribution in [0.1, 0.15) is 15.9 Å². The van der Waals surface area contributed by atoms with Crippen LogP contribution in [0, 0.1) is 0 Å². The summed E-state index contributed by atoms with van der Waals surface area (Å²) in [6.07, 6.45) is 3.05. The van der Waals surface area contributed by atoms with Crippen molar-refractivity contribution in [3.63, 3.8) is 0 Å². The Balaban J connectivity index is 1.94. The Kier molecular flexibility index (Phi) is 3.89. The number of pyridine rings is 1. The van der Waals surface area contributed by atoms with Crippen LogP contribution < -0.4 is 4.31 Å². The van der Waals surface area contributed by atoms with E-state index in [-0.39, 0.29) is 27.8 Å². The van der Waals surface area contributed by atoms with Gasteiger partial charge in [0.25, 0.3) is 10.0 Å². The van der Waals surface area contributed by atoms with Gasteiger partial charge in [0.15, 0.2) is 5.82 Å². The molecule has 6 heteroatoms. The van der Waals surface area contributed by atoms with Crippen molar-refractivity contribution in [2.45, 2.75) is 4.90 Å². The van der Waals surface area contributed by atoms with Crippen molar-refractivity contribution < 1.29 is 13.2 Å². The molecule has 0 radical (unpaired) electrons. The molecule has 0 aliphatic carbocycles. The molecule has 0 amide bonds. The molecule has 3 aromatic rings. The van der Waals surface area contributed by atoms with Crippen molar-refractivity contribution in [3.05, 3.63) is 95.8 Å². The number of hydrogen-bond acceptors (Lipinski definition) is 4. The second kappa shape index (κ2) is 6.24. The van der Waals surface area contributed by atoms with Gasteiger partial charge in [-0.3, -0.25) is 4.79 Å². The monoisotopic (exact) mass is 362 g/mol. The molecule has 1 aliphatic heterocycles. The topological polar surface area (TPSA) is 67.3 Å². The smallest absolute Gasteiger partial charge is 0.270 e. The zero-order chi connectivity index (χ0) is 18.1. The van der Waals surface area contributed by atoms with E-state index in [0.717, 1.165) is 9.87 Å². The molecule has 0 saturated carbocycles. The number of nitrogens with zero attached hydrogens (tertiary/aromatic N) is 2. The van der Waals surface area contributed by atoms with Crippen molar-refractivity contribution in [1.29, 1.82) is 0 Å². The van der Waals surface area contributed by atoms with Crippen molar-refractivity contribution in [1.82, 2.24) is 4.98 Å². The lowest BCUT2D eigenvalue weighted by atomic mass is 10.1. The first-order valence-electron chi connectivity index (χ1n) is 7.96. The van der Waals surface area contributed by atoms with Gasteiger partial charge < -0.3 is 0 Å². The standard InChI is InChI=1S/C20H14N2O3S/c23-19-17-12-7-13-21-20(17)22(18(19)14-15-8-3-1-4-9-15)26(24,25)16-10-5-2-6-11-16/h1-14H/b18-14+. The van der Waals surface area contributed by atoms with Crippen LogP contribution in [0.3, 0.4) is 0 Å². The predicted molar refractivity (Wildman–Crippen MR) is 99.1 cm³/mol. The lowest BCUT2D eigenvalue weighted by molar-refractivity contribution is 0.104. The molecule has 2 heterocycles. The number of benzene rings is 2. The van der Waals surface area contributed by atoms with E-state index in [1.54, 1.807) is 36.4 Å². The lowest BCUT2D eigenvalue weighted by Gasteiger charge is -2.19. The number of rotatable bonds is 3. The van der Waals surface area contributed by atoms with Gasteiger partial charge in [-0.15, -0.1) is 0 Å². The fraction of sp³-hybridized carbons (Fsp3) is 0. The van der Waals surface area contributed by atoms with Gasteiger partial charge in [0.05, 0.1) is 10.5 Å². The fourth-order valence-corrected chi connectivity index (χ4v) is 4.33. The average Bonchev–Trinajstić information content (AvgIpc) is 2.96. The summed E-state index contributed by atoms with van der Waals surface area (Å²) in [7, 11) is -3.97. The number of allylic oxidation sites excluding steroid dienone is 1. The van der Waals surface area contributed by atoms with Crippen LogP contribution in [0.25, 0.3) is 6.08 Å². The molecule has 5 nitrogen and oxygen atoms in total. The molecule has 1 aliphatic rings. The SMILES string of the molecule is O=C1/C(=C\c2ccccc2)N(S(=O)(=O)c2ccccc2)c2ncccc21. The minimum atomic E-state index is -3.97. The van der Waals surface area contributed by atoms with Crippen molar-refractivity contribution >= 4 is 27.7 Å². The number of carbonyl (C=O) groups excluding carboxylic acids is 1. The van der Waals surface area contributed by atoms with Crippen LogP contribution in [0.5, 0.6) is 0 Å². The third kappa shape index (κ3) is 2.60. The second-order valence-electron chi connectivity index (χ2n) is 5.73. The highest BCUT2D eigenvalue weighted by molar-refractivity contribution is 7.93. The summed E-state index contributed by atoms with van der Waals surface area (Å²) in [5.41, 5.74) is 1.07. The van der Waals surface area contributed by atoms with Crippen LogP contribution in [0.15, 0.2) is 89.6 Å². The molecular formula is C20H14N2O3S. The van der Waals surface area contributed by atoms with Gasteiger partial charge in [-0.1, -0.05) is 48.5 Å². The number of ketones is 1. The first-order chi connectivity index (χ1) is 12.6. The molecule has 4 rings (SSSR count). The number of aromatic nitrogens is 1. The number of carbonyl (C=O) groups is 1. The van der Waals surface area contributed by atoms with Gasteiger partial charge in [0.1, 0.15) is 5.70 Å². The zero-order valence-corrected chi connectivity index (χ0v) is 14.4. The maximum absolute atomic E-state index is 13.2. The highest BCUT2D eigenvalue weighted by Crippen LogP contribution is 2.37. The van der Waals surface area contributed by atoms with Crippen LogP contribution in [0.2, 0.25) is 0 Å². The van der Waals surface area contributed by atoms with Gasteiger partial charge in [0, 0.05) is 6.20 Å². The molecule has 0 N–H and O–H groups in total. The molecule has 1 aromatic heterocycles. The molecule has 0 unspecified atom stereocenters. The maximum atomic E-state index is 13.2. The Morgan fingerprint density at radius 3 is 2.19 bits per heavy atom. The fourth-order valence-electron chi connectivity index (χ4n) is 2.85. The highest BCUT2D eigenvalue weighted by Gasteiger charge is 2.41. The summed E-state index contributed by atoms with van der Waals surface area (Å²) in [6, 6.07) is 20.4. The summed E-state index contributed by atoms with van der Waals surface area (Å²) >= 11 is 0. The Bertz CT molecular complexity index is 1110. The number of Topliss-reactive ketones (excluding diaryl/α,β-unsaturated/α-hetero) is 1. The highest BCUT2D eigenvalue weighted by atomic mass is 32.2. The van der Waals surface area contributed by atoms with Gasteiger partial charge in [-0.05, 0) is 35.9 Å². The molecule has 128 valence electrons. The van der Waals surface area contributed by atoms with E-state index >= 15 is 0 Å². The van der Waals surface area contributed by atoms with E-state index in [1.807, 2.05) is 30.3 Å². The lowest BCUT2D eigenvalue weighted by Crippen LogP contribution is -2.29. The first kappa shape index (κ1) is 16.2. The maximum Gasteiger partial charge on any atom is 0.270 e. The molecular weight excluding hydrogens is 348 g/mol. The van der Waals surface area contributed by atoms with Crippen molar-refractivity contribution in [2.24, 2.45) is 0 Å². The van der Waals surface area contributed by atoms with Crippen LogP contribution in [0.4, 0.5) is 5.82 Å². The first-order valence-corrected chi connectivity index (χ1v) is 9.40. The summed E-state index contributed by atoms with van der Waals surface area (Å²) in [5, 5.41) is 0. The van der Waals surface area contributed by atoms with Gasteiger partial charge >= 0.3 is 0 Å². The minimum Gasteiger partial charge on any atom is -0.287 e. The molecule has 0 spiro atoms. The Labute approximate surface area is 151 Å². The summed E-state index contributed by atoms with van der Waals surface area (Å²) in [4.78, 5) is 17.1. The quantitative estimate of drug-likeness (QED) is 0.669. The number of anilines is 1. The Morgan fingerprint density at radius 2 is 1.50 bits per heavy atom. The van der Waals surface area contributed by atoms with Crippen LogP contribution >= 0.6 is 0 Å². The number of hydrogen-bond donors (Lipinski definition) is 0. The average molecular weight is 362 g/mol. The zero-order valence-electron chi connectivity index (χ0n) is 13.6. The Morgan fingerprint density at radius 1 is 0.846 bits per heavy atom. The molecule has 0 fully saturated rings. The van der Waals surface area contributed by atoms with Crippen molar-refractivity contribution in [2.75, 3.05) is 4.31 Å². The van der Waals surface area contributed by atoms with E-state index in [9.17, 15) is 13.2 Å². The van der Waals surface area contributed by atoms with E-state index in [4.69, 9.17) is 0 Å². The normalized spacial score (nSPS) is 15.3. The number of fused-ring (bicyclic) bond motifs is 1. The summed E-state index contributed by atoms with van der Waals surface area (Å²) < 4.78 is 27.5. The third-order valence-corrected chi connectivity index (χ3v) is 5.78. The van der Waals surface area contributed by atoms with E-state index in [1.165, 1.54) is 18.3 Å². The number of sulfonamides is 1. The molecule has 0 bridgehead atoms. The predicted octanol–water partition coefficient (Wildman–Crippen LogP) is 3.51. The molecule has 2 aromatic carbocycles. The molecule has 0 saturated heterocycles. The van der Waals surface area contributed by atoms with Gasteiger partial charge in [0.2, 0.25) is 5.78 Å². The largest absolute Gasteiger partial charge is 0.287 e. The van der Waals surface area contributed by atoms with Gasteiger partial charge in [-0.2, -0.15) is 0 Å². The van der Waals surface area contributed by atoms with Gasteiger partial charge in [-0.25, -0.2) is 17.7 Å². The van der Waals surface area contributed by atoms with E-state index in [0.29, 0.717) is 0 Å². The Hall–Kier alpha value is -3.25. The van der Waals surface area contributed by atoms with E-state index < -0.39 is 10.0 Å². The van der Waals surface area contributed by atoms with E-state index in [2.05, 4.69) is 4.98 Å². The summed E-state index contributed by atoms with van der Waals surface area (Å²) in [5.74, 6) is -0.236. The minimum absolute atomic E-state index is 0.0637. The molecule has 26 heavy (non-hydrogen) atoms. The molecule has 0 atom stereocenters. The summed E-state index contributed by atoms with van der Waals surface area (Å²) in [6.45, 7) is 0.